The van der Waals surface area contributed by atoms with E-state index in [1.807, 2.05) is 0 Å². The van der Waals surface area contributed by atoms with Crippen LogP contribution in [0, 0.1) is 5.41 Å². The minimum atomic E-state index is -0.0401. The molecular weight excluding hydrogens is 236 g/mol. The lowest BCUT2D eigenvalue weighted by atomic mass is 9.83. The van der Waals surface area contributed by atoms with Gasteiger partial charge in [0.1, 0.15) is 0 Å². The van der Waals surface area contributed by atoms with Gasteiger partial charge in [-0.3, -0.25) is 4.90 Å². The lowest BCUT2D eigenvalue weighted by molar-refractivity contribution is -0.0388. The van der Waals surface area contributed by atoms with Crippen molar-refractivity contribution >= 4 is 0 Å². The Balaban J connectivity index is 2.57. The first-order chi connectivity index (χ1) is 8.42. The van der Waals surface area contributed by atoms with E-state index in [-0.39, 0.29) is 11.1 Å². The average Bonchev–Trinajstić information content (AvgIpc) is 2.16. The second-order valence-corrected chi connectivity index (χ2v) is 8.52. The molecule has 0 aromatic rings. The molecule has 1 aliphatic rings. The molecule has 1 saturated heterocycles. The van der Waals surface area contributed by atoms with Gasteiger partial charge >= 0.3 is 0 Å². The van der Waals surface area contributed by atoms with Gasteiger partial charge in [-0.2, -0.15) is 0 Å². The zero-order valence-corrected chi connectivity index (χ0v) is 14.3. The van der Waals surface area contributed by atoms with E-state index in [0.29, 0.717) is 11.5 Å². The Morgan fingerprint density at radius 2 is 1.74 bits per heavy atom. The first kappa shape index (κ1) is 16.9. The molecule has 1 fully saturated rings. The van der Waals surface area contributed by atoms with Gasteiger partial charge in [0.05, 0.1) is 12.2 Å². The minimum absolute atomic E-state index is 0.0401. The highest BCUT2D eigenvalue weighted by Gasteiger charge is 2.37. The lowest BCUT2D eigenvalue weighted by Gasteiger charge is -2.49. The maximum absolute atomic E-state index is 5.88. The summed E-state index contributed by atoms with van der Waals surface area (Å²) in [5, 5.41) is 3.70. The SMILES string of the molecule is CC(C)(C)OCCN1CC(C(C)(C)C)NCC1(C)C. The predicted octanol–water partition coefficient (Wildman–Crippen LogP) is 2.90. The molecule has 1 heterocycles. The van der Waals surface area contributed by atoms with Crippen LogP contribution in [0.2, 0.25) is 0 Å². The summed E-state index contributed by atoms with van der Waals surface area (Å²) in [7, 11) is 0. The van der Waals surface area contributed by atoms with Gasteiger partial charge in [-0.15, -0.1) is 0 Å². The van der Waals surface area contributed by atoms with Crippen LogP contribution in [0.5, 0.6) is 0 Å². The van der Waals surface area contributed by atoms with Gasteiger partial charge in [-0.1, -0.05) is 20.8 Å². The zero-order valence-electron chi connectivity index (χ0n) is 14.3. The summed E-state index contributed by atoms with van der Waals surface area (Å²) in [5.41, 5.74) is 0.476. The van der Waals surface area contributed by atoms with Crippen molar-refractivity contribution in [1.82, 2.24) is 10.2 Å². The van der Waals surface area contributed by atoms with Crippen LogP contribution in [0.3, 0.4) is 0 Å². The molecule has 1 aliphatic heterocycles. The van der Waals surface area contributed by atoms with Crippen LogP contribution in [0.15, 0.2) is 0 Å². The van der Waals surface area contributed by atoms with Gasteiger partial charge in [-0.25, -0.2) is 0 Å². The molecule has 0 bridgehead atoms. The van der Waals surface area contributed by atoms with E-state index < -0.39 is 0 Å². The summed E-state index contributed by atoms with van der Waals surface area (Å²) in [6.45, 7) is 21.9. The molecule has 1 rings (SSSR count). The lowest BCUT2D eigenvalue weighted by Crippen LogP contribution is -2.65. The highest BCUT2D eigenvalue weighted by molar-refractivity contribution is 4.96. The smallest absolute Gasteiger partial charge is 0.0600 e. The fourth-order valence-electron chi connectivity index (χ4n) is 2.45. The number of piperazine rings is 1. The zero-order chi connectivity index (χ0) is 14.9. The van der Waals surface area contributed by atoms with Gasteiger partial charge in [0.15, 0.2) is 0 Å². The third-order valence-electron chi connectivity index (χ3n) is 3.98. The van der Waals surface area contributed by atoms with E-state index in [1.54, 1.807) is 0 Å². The quantitative estimate of drug-likeness (QED) is 0.853. The van der Waals surface area contributed by atoms with Gasteiger partial charge in [0.2, 0.25) is 0 Å². The Kier molecular flexibility index (Phi) is 5.09. The Hall–Kier alpha value is -0.120. The Bertz CT molecular complexity index is 286. The monoisotopic (exact) mass is 270 g/mol. The van der Waals surface area contributed by atoms with E-state index in [1.165, 1.54) is 0 Å². The predicted molar refractivity (Wildman–Crippen MR) is 82.6 cm³/mol. The summed E-state index contributed by atoms with van der Waals surface area (Å²) >= 11 is 0. The molecule has 114 valence electrons. The second-order valence-electron chi connectivity index (χ2n) is 8.52. The molecule has 0 aromatic carbocycles. The number of hydrogen-bond acceptors (Lipinski definition) is 3. The number of nitrogens with zero attached hydrogens (tertiary/aromatic N) is 1. The number of ether oxygens (including phenoxy) is 1. The number of nitrogens with one attached hydrogen (secondary N) is 1. The van der Waals surface area contributed by atoms with Crippen molar-refractivity contribution in [2.45, 2.75) is 72.6 Å². The minimum Gasteiger partial charge on any atom is -0.375 e. The van der Waals surface area contributed by atoms with Crippen LogP contribution >= 0.6 is 0 Å². The van der Waals surface area contributed by atoms with Crippen LogP contribution in [0.25, 0.3) is 0 Å². The molecular formula is C16H34N2O. The largest absolute Gasteiger partial charge is 0.375 e. The third-order valence-corrected chi connectivity index (χ3v) is 3.98. The van der Waals surface area contributed by atoms with Crippen LogP contribution in [0.1, 0.15) is 55.4 Å². The molecule has 19 heavy (non-hydrogen) atoms. The summed E-state index contributed by atoms with van der Waals surface area (Å²) in [6.07, 6.45) is 0. The van der Waals surface area contributed by atoms with Crippen LogP contribution in [0.4, 0.5) is 0 Å². The molecule has 0 radical (unpaired) electrons. The van der Waals surface area contributed by atoms with Gasteiger partial charge in [0, 0.05) is 31.2 Å². The highest BCUT2D eigenvalue weighted by atomic mass is 16.5. The Labute approximate surface area is 120 Å². The Morgan fingerprint density at radius 1 is 1.16 bits per heavy atom. The summed E-state index contributed by atoms with van der Waals surface area (Å²) in [6, 6.07) is 0.551. The van der Waals surface area contributed by atoms with E-state index >= 15 is 0 Å². The van der Waals surface area contributed by atoms with Crippen molar-refractivity contribution in [1.29, 1.82) is 0 Å². The Morgan fingerprint density at radius 3 is 2.21 bits per heavy atom. The molecule has 0 aliphatic carbocycles. The first-order valence-corrected chi connectivity index (χ1v) is 7.54. The summed E-state index contributed by atoms with van der Waals surface area (Å²) in [4.78, 5) is 2.57. The molecule has 0 spiro atoms. The molecule has 0 aromatic heterocycles. The molecule has 1 atom stereocenters. The van der Waals surface area contributed by atoms with Crippen molar-refractivity contribution < 1.29 is 4.74 Å². The number of hydrogen-bond donors (Lipinski definition) is 1. The van der Waals surface area contributed by atoms with E-state index in [9.17, 15) is 0 Å². The van der Waals surface area contributed by atoms with Gasteiger partial charge in [0.25, 0.3) is 0 Å². The molecule has 3 nitrogen and oxygen atoms in total. The van der Waals surface area contributed by atoms with Crippen molar-refractivity contribution in [2.75, 3.05) is 26.2 Å². The second kappa shape index (κ2) is 5.71. The highest BCUT2D eigenvalue weighted by Crippen LogP contribution is 2.27. The maximum atomic E-state index is 5.88. The summed E-state index contributed by atoms with van der Waals surface area (Å²) < 4.78 is 5.88. The first-order valence-electron chi connectivity index (χ1n) is 7.54. The van der Waals surface area contributed by atoms with Crippen molar-refractivity contribution in [2.24, 2.45) is 5.41 Å². The third kappa shape index (κ3) is 5.41. The van der Waals surface area contributed by atoms with E-state index in [2.05, 4.69) is 65.6 Å². The molecule has 1 unspecified atom stereocenters. The van der Waals surface area contributed by atoms with E-state index in [4.69, 9.17) is 4.74 Å². The molecule has 0 saturated carbocycles. The average molecular weight is 270 g/mol. The maximum Gasteiger partial charge on any atom is 0.0600 e. The fourth-order valence-corrected chi connectivity index (χ4v) is 2.45. The van der Waals surface area contributed by atoms with Crippen molar-refractivity contribution in [3.05, 3.63) is 0 Å². The standard InChI is InChI=1S/C16H34N2O/c1-14(2,3)13-11-18(16(7,8)12-17-13)9-10-19-15(4,5)6/h13,17H,9-12H2,1-8H3. The number of rotatable bonds is 3. The van der Waals surface area contributed by atoms with Crippen LogP contribution < -0.4 is 5.32 Å². The molecule has 0 amide bonds. The normalized spacial score (nSPS) is 25.6. The molecule has 3 heteroatoms. The van der Waals surface area contributed by atoms with Gasteiger partial charge in [-0.05, 0) is 40.0 Å². The molecule has 1 N–H and O–H groups in total. The van der Waals surface area contributed by atoms with Crippen molar-refractivity contribution in [3.8, 4) is 0 Å². The van der Waals surface area contributed by atoms with Crippen molar-refractivity contribution in [3.63, 3.8) is 0 Å². The van der Waals surface area contributed by atoms with Crippen LogP contribution in [-0.2, 0) is 4.74 Å². The van der Waals surface area contributed by atoms with Crippen LogP contribution in [-0.4, -0.2) is 48.3 Å². The van der Waals surface area contributed by atoms with Gasteiger partial charge < -0.3 is 10.1 Å². The summed E-state index contributed by atoms with van der Waals surface area (Å²) in [5.74, 6) is 0. The van der Waals surface area contributed by atoms with E-state index in [0.717, 1.165) is 26.2 Å². The fraction of sp³-hybridized carbons (Fsp3) is 1.00. The topological polar surface area (TPSA) is 24.5 Å².